The van der Waals surface area contributed by atoms with Crippen molar-refractivity contribution < 1.29 is 12.8 Å². The molecular formula is C17H18ClFN2O2S. The SMILES string of the molecule is O=S(=O)(c1ccc(Cl)cc1)N1CCN(Cc2cccc(F)c2)CC1. The highest BCUT2D eigenvalue weighted by Gasteiger charge is 2.28. The van der Waals surface area contributed by atoms with Crippen molar-refractivity contribution in [2.45, 2.75) is 11.4 Å². The van der Waals surface area contributed by atoms with E-state index in [0.29, 0.717) is 37.7 Å². The van der Waals surface area contributed by atoms with Crippen LogP contribution in [0.4, 0.5) is 4.39 Å². The van der Waals surface area contributed by atoms with E-state index in [9.17, 15) is 12.8 Å². The number of hydrogen-bond donors (Lipinski definition) is 0. The molecule has 0 aromatic heterocycles. The first kappa shape index (κ1) is 17.4. The summed E-state index contributed by atoms with van der Waals surface area (Å²) in [6.45, 7) is 2.68. The smallest absolute Gasteiger partial charge is 0.243 e. The topological polar surface area (TPSA) is 40.6 Å². The number of rotatable bonds is 4. The lowest BCUT2D eigenvalue weighted by Gasteiger charge is -2.34. The second-order valence-electron chi connectivity index (χ2n) is 5.76. The van der Waals surface area contributed by atoms with Crippen molar-refractivity contribution in [2.24, 2.45) is 0 Å². The monoisotopic (exact) mass is 368 g/mol. The van der Waals surface area contributed by atoms with E-state index in [-0.39, 0.29) is 10.7 Å². The number of halogens is 2. The van der Waals surface area contributed by atoms with Gasteiger partial charge in [0.25, 0.3) is 0 Å². The van der Waals surface area contributed by atoms with Crippen molar-refractivity contribution in [2.75, 3.05) is 26.2 Å². The molecule has 1 aliphatic rings. The first-order valence-electron chi connectivity index (χ1n) is 7.68. The summed E-state index contributed by atoms with van der Waals surface area (Å²) in [6, 6.07) is 12.7. The fourth-order valence-corrected chi connectivity index (χ4v) is 4.33. The molecule has 2 aromatic rings. The maximum atomic E-state index is 13.2. The molecule has 0 aliphatic carbocycles. The van der Waals surface area contributed by atoms with Gasteiger partial charge in [0.05, 0.1) is 4.90 Å². The highest BCUT2D eigenvalue weighted by Crippen LogP contribution is 2.20. The standard InChI is InChI=1S/C17H18ClFN2O2S/c18-15-4-6-17(7-5-15)24(22,23)21-10-8-20(9-11-21)13-14-2-1-3-16(19)12-14/h1-7,12H,8-11,13H2. The number of nitrogens with zero attached hydrogens (tertiary/aromatic N) is 2. The molecule has 128 valence electrons. The van der Waals surface area contributed by atoms with E-state index < -0.39 is 10.0 Å². The van der Waals surface area contributed by atoms with Gasteiger partial charge in [-0.1, -0.05) is 23.7 Å². The van der Waals surface area contributed by atoms with Gasteiger partial charge in [0.2, 0.25) is 10.0 Å². The summed E-state index contributed by atoms with van der Waals surface area (Å²) in [5.41, 5.74) is 0.893. The lowest BCUT2D eigenvalue weighted by atomic mass is 10.2. The Morgan fingerprint density at radius 3 is 2.29 bits per heavy atom. The van der Waals surface area contributed by atoms with Crippen molar-refractivity contribution in [1.82, 2.24) is 9.21 Å². The zero-order chi connectivity index (χ0) is 17.2. The largest absolute Gasteiger partial charge is 0.296 e. The van der Waals surface area contributed by atoms with E-state index in [1.807, 2.05) is 6.07 Å². The average Bonchev–Trinajstić information content (AvgIpc) is 2.56. The summed E-state index contributed by atoms with van der Waals surface area (Å²) in [5, 5.41) is 0.508. The first-order chi connectivity index (χ1) is 11.4. The Morgan fingerprint density at radius 1 is 1.00 bits per heavy atom. The Balaban J connectivity index is 1.63. The van der Waals surface area contributed by atoms with Crippen LogP contribution in [0.5, 0.6) is 0 Å². The van der Waals surface area contributed by atoms with E-state index in [1.165, 1.54) is 28.6 Å². The zero-order valence-corrected chi connectivity index (χ0v) is 14.6. The van der Waals surface area contributed by atoms with E-state index in [2.05, 4.69) is 4.90 Å². The highest BCUT2D eigenvalue weighted by atomic mass is 35.5. The summed E-state index contributed by atoms with van der Waals surface area (Å²) >= 11 is 5.81. The van der Waals surface area contributed by atoms with Crippen LogP contribution in [0.25, 0.3) is 0 Å². The van der Waals surface area contributed by atoms with Gasteiger partial charge < -0.3 is 0 Å². The van der Waals surface area contributed by atoms with Gasteiger partial charge in [0.15, 0.2) is 0 Å². The minimum Gasteiger partial charge on any atom is -0.296 e. The van der Waals surface area contributed by atoms with Gasteiger partial charge in [0.1, 0.15) is 5.82 Å². The minimum atomic E-state index is -3.49. The third kappa shape index (κ3) is 3.95. The van der Waals surface area contributed by atoms with Crippen LogP contribution >= 0.6 is 11.6 Å². The van der Waals surface area contributed by atoms with Gasteiger partial charge in [-0.3, -0.25) is 4.90 Å². The minimum absolute atomic E-state index is 0.253. The molecule has 7 heteroatoms. The molecular weight excluding hydrogens is 351 g/mol. The molecule has 0 unspecified atom stereocenters. The number of benzene rings is 2. The van der Waals surface area contributed by atoms with Gasteiger partial charge in [-0.05, 0) is 42.0 Å². The molecule has 0 atom stereocenters. The fourth-order valence-electron chi connectivity index (χ4n) is 2.78. The Bertz CT molecular complexity index is 804. The number of sulfonamides is 1. The summed E-state index contributed by atoms with van der Waals surface area (Å²) < 4.78 is 40.0. The molecule has 1 aliphatic heterocycles. The van der Waals surface area contributed by atoms with Gasteiger partial charge >= 0.3 is 0 Å². The maximum absolute atomic E-state index is 13.2. The zero-order valence-electron chi connectivity index (χ0n) is 13.0. The van der Waals surface area contributed by atoms with Gasteiger partial charge in [0, 0.05) is 37.7 Å². The number of piperazine rings is 1. The fraction of sp³-hybridized carbons (Fsp3) is 0.294. The molecule has 0 spiro atoms. The predicted molar refractivity (Wildman–Crippen MR) is 91.9 cm³/mol. The van der Waals surface area contributed by atoms with Crippen LogP contribution in [0.15, 0.2) is 53.4 Å². The first-order valence-corrected chi connectivity index (χ1v) is 9.49. The van der Waals surface area contributed by atoms with Crippen LogP contribution in [-0.4, -0.2) is 43.8 Å². The van der Waals surface area contributed by atoms with E-state index >= 15 is 0 Å². The quantitative estimate of drug-likeness (QED) is 0.833. The Labute approximate surface area is 146 Å². The molecule has 3 rings (SSSR count). The predicted octanol–water partition coefficient (Wildman–Crippen LogP) is 2.99. The lowest BCUT2D eigenvalue weighted by molar-refractivity contribution is 0.181. The molecule has 2 aromatic carbocycles. The van der Waals surface area contributed by atoms with Crippen molar-refractivity contribution in [1.29, 1.82) is 0 Å². The highest BCUT2D eigenvalue weighted by molar-refractivity contribution is 7.89. The summed E-state index contributed by atoms with van der Waals surface area (Å²) in [7, 11) is -3.49. The molecule has 4 nitrogen and oxygen atoms in total. The van der Waals surface area contributed by atoms with Gasteiger partial charge in [-0.25, -0.2) is 12.8 Å². The van der Waals surface area contributed by atoms with Crippen LogP contribution < -0.4 is 0 Å². The normalized spacial score (nSPS) is 17.1. The molecule has 1 heterocycles. The van der Waals surface area contributed by atoms with Gasteiger partial charge in [-0.15, -0.1) is 0 Å². The van der Waals surface area contributed by atoms with Crippen molar-refractivity contribution in [3.8, 4) is 0 Å². The van der Waals surface area contributed by atoms with Crippen molar-refractivity contribution in [3.63, 3.8) is 0 Å². The number of hydrogen-bond acceptors (Lipinski definition) is 3. The Morgan fingerprint density at radius 2 is 1.67 bits per heavy atom. The van der Waals surface area contributed by atoms with Gasteiger partial charge in [-0.2, -0.15) is 4.31 Å². The molecule has 0 N–H and O–H groups in total. The van der Waals surface area contributed by atoms with Crippen LogP contribution in [-0.2, 0) is 16.6 Å². The molecule has 0 saturated carbocycles. The van der Waals surface area contributed by atoms with Crippen LogP contribution in [0.2, 0.25) is 5.02 Å². The lowest BCUT2D eigenvalue weighted by Crippen LogP contribution is -2.48. The maximum Gasteiger partial charge on any atom is 0.243 e. The second-order valence-corrected chi connectivity index (χ2v) is 8.14. The molecule has 1 saturated heterocycles. The van der Waals surface area contributed by atoms with E-state index in [1.54, 1.807) is 18.2 Å². The molecule has 0 radical (unpaired) electrons. The average molecular weight is 369 g/mol. The Kier molecular flexibility index (Phi) is 5.20. The summed E-state index contributed by atoms with van der Waals surface area (Å²) in [4.78, 5) is 2.38. The Hall–Kier alpha value is -1.47. The van der Waals surface area contributed by atoms with E-state index in [0.717, 1.165) is 5.56 Å². The van der Waals surface area contributed by atoms with E-state index in [4.69, 9.17) is 11.6 Å². The molecule has 0 amide bonds. The van der Waals surface area contributed by atoms with Crippen LogP contribution in [0, 0.1) is 5.82 Å². The van der Waals surface area contributed by atoms with Crippen LogP contribution in [0.1, 0.15) is 5.56 Å². The molecule has 0 bridgehead atoms. The second kappa shape index (κ2) is 7.19. The third-order valence-corrected chi connectivity index (χ3v) is 6.24. The summed E-state index contributed by atoms with van der Waals surface area (Å²) in [5.74, 6) is -0.253. The van der Waals surface area contributed by atoms with Crippen molar-refractivity contribution >= 4 is 21.6 Å². The van der Waals surface area contributed by atoms with Crippen LogP contribution in [0.3, 0.4) is 0 Å². The third-order valence-electron chi connectivity index (χ3n) is 4.08. The van der Waals surface area contributed by atoms with Crippen molar-refractivity contribution in [3.05, 3.63) is 64.9 Å². The molecule has 1 fully saturated rings. The molecule has 24 heavy (non-hydrogen) atoms. The summed E-state index contributed by atoms with van der Waals surface area (Å²) in [6.07, 6.45) is 0.